The van der Waals surface area contributed by atoms with E-state index >= 15 is 0 Å². The predicted octanol–water partition coefficient (Wildman–Crippen LogP) is 2.16. The third-order valence-electron chi connectivity index (χ3n) is 4.40. The molecular weight excluding hydrogens is 354 g/mol. The monoisotopic (exact) mass is 379 g/mol. The third-order valence-corrected chi connectivity index (χ3v) is 5.84. The molecule has 1 aromatic heterocycles. The molecule has 2 N–H and O–H groups in total. The van der Waals surface area contributed by atoms with E-state index in [9.17, 15) is 13.2 Å². The normalized spacial score (nSPS) is 13.1. The first-order chi connectivity index (χ1) is 12.2. The van der Waals surface area contributed by atoms with Crippen LogP contribution in [0.15, 0.2) is 41.4 Å². The van der Waals surface area contributed by atoms with Gasteiger partial charge >= 0.3 is 5.97 Å². The van der Waals surface area contributed by atoms with Crippen molar-refractivity contribution < 1.29 is 18.3 Å². The van der Waals surface area contributed by atoms with E-state index in [-0.39, 0.29) is 29.7 Å². The second kappa shape index (κ2) is 8.46. The average Bonchev–Trinajstić information content (AvgIpc) is 2.99. The van der Waals surface area contributed by atoms with Crippen molar-refractivity contribution in [1.82, 2.24) is 14.5 Å². The van der Waals surface area contributed by atoms with Crippen LogP contribution < -0.4 is 4.72 Å². The van der Waals surface area contributed by atoms with Crippen molar-refractivity contribution in [2.45, 2.75) is 37.5 Å². The summed E-state index contributed by atoms with van der Waals surface area (Å²) >= 11 is 0. The van der Waals surface area contributed by atoms with Gasteiger partial charge in [-0.3, -0.25) is 9.48 Å². The van der Waals surface area contributed by atoms with Crippen molar-refractivity contribution in [3.05, 3.63) is 47.8 Å². The largest absolute Gasteiger partial charge is 0.481 e. The molecule has 0 aliphatic heterocycles. The zero-order valence-electron chi connectivity index (χ0n) is 15.2. The number of carbonyl (C=O) groups is 1. The number of hydrogen-bond donors (Lipinski definition) is 2. The Balaban J connectivity index is 2.07. The molecule has 0 radical (unpaired) electrons. The van der Waals surface area contributed by atoms with Crippen LogP contribution in [0.4, 0.5) is 0 Å². The van der Waals surface area contributed by atoms with Crippen LogP contribution in [-0.4, -0.2) is 35.8 Å². The molecule has 0 aliphatic carbocycles. The van der Waals surface area contributed by atoms with E-state index in [0.29, 0.717) is 6.42 Å². The maximum atomic E-state index is 12.6. The van der Waals surface area contributed by atoms with Gasteiger partial charge in [0.1, 0.15) is 0 Å². The standard InChI is InChI=1S/C18H25N3O4S/c1-13(2)16(17-10-11-19-21(17)3)12-20-26(24,25)15-7-4-14(5-8-15)6-9-18(22)23/h4-5,7-8,10-11,13,16,20H,6,9,12H2,1-3H3,(H,22,23). The first-order valence-electron chi connectivity index (χ1n) is 8.49. The lowest BCUT2D eigenvalue weighted by molar-refractivity contribution is -0.136. The summed E-state index contributed by atoms with van der Waals surface area (Å²) in [7, 11) is -1.79. The van der Waals surface area contributed by atoms with Crippen LogP contribution in [0.3, 0.4) is 0 Å². The smallest absolute Gasteiger partial charge is 0.303 e. The van der Waals surface area contributed by atoms with Gasteiger partial charge < -0.3 is 5.11 Å². The Morgan fingerprint density at radius 3 is 2.38 bits per heavy atom. The Labute approximate surface area is 154 Å². The van der Waals surface area contributed by atoms with E-state index in [4.69, 9.17) is 5.11 Å². The summed E-state index contributed by atoms with van der Waals surface area (Å²) in [6.45, 7) is 4.37. The second-order valence-electron chi connectivity index (χ2n) is 6.62. The summed E-state index contributed by atoms with van der Waals surface area (Å²) in [5, 5.41) is 12.9. The van der Waals surface area contributed by atoms with Crippen LogP contribution in [0.2, 0.25) is 0 Å². The van der Waals surface area contributed by atoms with Crippen molar-refractivity contribution in [2.24, 2.45) is 13.0 Å². The average molecular weight is 379 g/mol. The van der Waals surface area contributed by atoms with Crippen LogP contribution in [0.5, 0.6) is 0 Å². The molecule has 0 amide bonds. The minimum absolute atomic E-state index is 0.00659. The molecule has 26 heavy (non-hydrogen) atoms. The Morgan fingerprint density at radius 1 is 1.23 bits per heavy atom. The number of carboxylic acids is 1. The summed E-state index contributed by atoms with van der Waals surface area (Å²) in [6, 6.07) is 8.22. The van der Waals surface area contributed by atoms with Gasteiger partial charge in [-0.05, 0) is 36.1 Å². The zero-order valence-corrected chi connectivity index (χ0v) is 16.0. The number of carboxylic acid groups (broad SMARTS) is 1. The first kappa shape index (κ1) is 20.1. The van der Waals surface area contributed by atoms with Crippen LogP contribution in [0.1, 0.15) is 37.4 Å². The number of benzene rings is 1. The van der Waals surface area contributed by atoms with E-state index in [1.165, 1.54) is 12.1 Å². The molecule has 0 fully saturated rings. The Bertz CT molecular complexity index is 842. The fourth-order valence-electron chi connectivity index (χ4n) is 2.80. The number of aliphatic carboxylic acids is 1. The van der Waals surface area contributed by atoms with Crippen molar-refractivity contribution in [1.29, 1.82) is 0 Å². The summed E-state index contributed by atoms with van der Waals surface area (Å²) < 4.78 is 29.6. The molecule has 7 nitrogen and oxygen atoms in total. The third kappa shape index (κ3) is 5.15. The SMILES string of the molecule is CC(C)C(CNS(=O)(=O)c1ccc(CCC(=O)O)cc1)c1ccnn1C. The molecule has 0 saturated heterocycles. The molecule has 0 aliphatic rings. The van der Waals surface area contributed by atoms with E-state index in [1.54, 1.807) is 23.0 Å². The highest BCUT2D eigenvalue weighted by Gasteiger charge is 2.22. The molecule has 1 heterocycles. The fourth-order valence-corrected chi connectivity index (χ4v) is 3.86. The highest BCUT2D eigenvalue weighted by molar-refractivity contribution is 7.89. The number of aryl methyl sites for hydroxylation is 2. The molecular formula is C18H25N3O4S. The number of sulfonamides is 1. The number of aromatic nitrogens is 2. The van der Waals surface area contributed by atoms with Gasteiger partial charge in [-0.25, -0.2) is 13.1 Å². The van der Waals surface area contributed by atoms with Gasteiger partial charge in [-0.1, -0.05) is 26.0 Å². The van der Waals surface area contributed by atoms with Gasteiger partial charge in [-0.2, -0.15) is 5.10 Å². The first-order valence-corrected chi connectivity index (χ1v) is 9.97. The van der Waals surface area contributed by atoms with Gasteiger partial charge in [-0.15, -0.1) is 0 Å². The van der Waals surface area contributed by atoms with Crippen LogP contribution in [0.25, 0.3) is 0 Å². The van der Waals surface area contributed by atoms with Gasteiger partial charge in [0.15, 0.2) is 0 Å². The summed E-state index contributed by atoms with van der Waals surface area (Å²) in [5.41, 5.74) is 1.77. The van der Waals surface area contributed by atoms with Gasteiger partial charge in [0, 0.05) is 37.8 Å². The maximum Gasteiger partial charge on any atom is 0.303 e. The molecule has 1 atom stereocenters. The van der Waals surface area contributed by atoms with Crippen molar-refractivity contribution in [3.63, 3.8) is 0 Å². The minimum Gasteiger partial charge on any atom is -0.481 e. The summed E-state index contributed by atoms with van der Waals surface area (Å²) in [6.07, 6.45) is 2.10. The molecule has 1 aromatic carbocycles. The van der Waals surface area contributed by atoms with Gasteiger partial charge in [0.05, 0.1) is 4.90 Å². The molecule has 2 aromatic rings. The molecule has 0 saturated carbocycles. The molecule has 8 heteroatoms. The lowest BCUT2D eigenvalue weighted by Gasteiger charge is -2.21. The number of nitrogens with one attached hydrogen (secondary N) is 1. The van der Waals surface area contributed by atoms with Crippen molar-refractivity contribution >= 4 is 16.0 Å². The quantitative estimate of drug-likeness (QED) is 0.695. The Morgan fingerprint density at radius 2 is 1.88 bits per heavy atom. The maximum absolute atomic E-state index is 12.6. The molecule has 0 spiro atoms. The van der Waals surface area contributed by atoms with E-state index in [1.807, 2.05) is 27.0 Å². The van der Waals surface area contributed by atoms with Crippen LogP contribution >= 0.6 is 0 Å². The number of nitrogens with zero attached hydrogens (tertiary/aromatic N) is 2. The Hall–Kier alpha value is -2.19. The minimum atomic E-state index is -3.64. The lowest BCUT2D eigenvalue weighted by Crippen LogP contribution is -2.31. The van der Waals surface area contributed by atoms with Crippen molar-refractivity contribution in [2.75, 3.05) is 6.54 Å². The van der Waals surface area contributed by atoms with Crippen molar-refractivity contribution in [3.8, 4) is 0 Å². The lowest BCUT2D eigenvalue weighted by atomic mass is 9.93. The zero-order chi connectivity index (χ0) is 19.3. The van der Waals surface area contributed by atoms with Crippen LogP contribution in [0, 0.1) is 5.92 Å². The molecule has 142 valence electrons. The number of hydrogen-bond acceptors (Lipinski definition) is 4. The Kier molecular flexibility index (Phi) is 6.55. The number of rotatable bonds is 9. The van der Waals surface area contributed by atoms with E-state index in [0.717, 1.165) is 11.3 Å². The topological polar surface area (TPSA) is 101 Å². The molecule has 0 bridgehead atoms. The molecule has 1 unspecified atom stereocenters. The van der Waals surface area contributed by atoms with E-state index in [2.05, 4.69) is 9.82 Å². The van der Waals surface area contributed by atoms with Gasteiger partial charge in [0.25, 0.3) is 0 Å². The van der Waals surface area contributed by atoms with Crippen LogP contribution in [-0.2, 0) is 28.3 Å². The summed E-state index contributed by atoms with van der Waals surface area (Å²) in [5.74, 6) is -0.628. The summed E-state index contributed by atoms with van der Waals surface area (Å²) in [4.78, 5) is 10.8. The second-order valence-corrected chi connectivity index (χ2v) is 8.39. The van der Waals surface area contributed by atoms with E-state index < -0.39 is 16.0 Å². The predicted molar refractivity (Wildman–Crippen MR) is 98.4 cm³/mol. The van der Waals surface area contributed by atoms with Gasteiger partial charge in [0.2, 0.25) is 10.0 Å². The fraction of sp³-hybridized carbons (Fsp3) is 0.444. The molecule has 2 rings (SSSR count). The highest BCUT2D eigenvalue weighted by atomic mass is 32.2. The highest BCUT2D eigenvalue weighted by Crippen LogP contribution is 2.23.